The molecule has 4 aliphatic carbocycles. The first kappa shape index (κ1) is 15.2. The highest BCUT2D eigenvalue weighted by Crippen LogP contribution is 2.77. The summed E-state index contributed by atoms with van der Waals surface area (Å²) in [5.41, 5.74) is 4.44. The Balaban J connectivity index is 1.46. The molecule has 3 heteroatoms. The Labute approximate surface area is 154 Å². The third-order valence-corrected chi connectivity index (χ3v) is 9.06. The molecule has 0 spiro atoms. The lowest BCUT2D eigenvalue weighted by molar-refractivity contribution is -0.123. The van der Waals surface area contributed by atoms with Crippen molar-refractivity contribution in [1.29, 1.82) is 0 Å². The van der Waals surface area contributed by atoms with Crippen molar-refractivity contribution in [3.63, 3.8) is 0 Å². The molecule has 26 heavy (non-hydrogen) atoms. The van der Waals surface area contributed by atoms with Crippen molar-refractivity contribution in [2.45, 2.75) is 40.0 Å². The monoisotopic (exact) mass is 347 g/mol. The maximum atomic E-state index is 13.3. The molecule has 3 nitrogen and oxygen atoms in total. The van der Waals surface area contributed by atoms with Crippen LogP contribution < -0.4 is 4.90 Å². The Morgan fingerprint density at radius 1 is 0.962 bits per heavy atom. The molecule has 0 radical (unpaired) electrons. The quantitative estimate of drug-likeness (QED) is 0.434. The van der Waals surface area contributed by atoms with Crippen LogP contribution in [-0.4, -0.2) is 11.8 Å². The van der Waals surface area contributed by atoms with Gasteiger partial charge in [0.25, 0.3) is 0 Å². The lowest BCUT2D eigenvalue weighted by atomic mass is 9.63. The van der Waals surface area contributed by atoms with Gasteiger partial charge in [-0.15, -0.1) is 0 Å². The summed E-state index contributed by atoms with van der Waals surface area (Å²) in [6.45, 7) is 7.26. The molecule has 1 aromatic carbocycles. The predicted molar refractivity (Wildman–Crippen MR) is 99.2 cm³/mol. The fourth-order valence-electron chi connectivity index (χ4n) is 7.69. The number of hydrogen-bond acceptors (Lipinski definition) is 2. The van der Waals surface area contributed by atoms with E-state index in [0.717, 1.165) is 12.1 Å². The molecule has 0 aromatic heterocycles. The van der Waals surface area contributed by atoms with Gasteiger partial charge >= 0.3 is 0 Å². The van der Waals surface area contributed by atoms with Gasteiger partial charge in [-0.25, -0.2) is 0 Å². The van der Waals surface area contributed by atoms with Crippen molar-refractivity contribution in [2.75, 3.05) is 4.90 Å². The van der Waals surface area contributed by atoms with Gasteiger partial charge in [0, 0.05) is 0 Å². The highest BCUT2D eigenvalue weighted by molar-refractivity contribution is 6.23. The second-order valence-corrected chi connectivity index (χ2v) is 9.86. The molecule has 1 saturated heterocycles. The second kappa shape index (κ2) is 4.32. The molecule has 1 heterocycles. The van der Waals surface area contributed by atoms with Gasteiger partial charge < -0.3 is 0 Å². The van der Waals surface area contributed by atoms with Crippen LogP contribution >= 0.6 is 0 Å². The molecule has 0 N–H and O–H groups in total. The van der Waals surface area contributed by atoms with E-state index in [9.17, 15) is 9.59 Å². The molecule has 4 bridgehead atoms. The van der Waals surface area contributed by atoms with E-state index in [2.05, 4.69) is 20.8 Å². The van der Waals surface area contributed by atoms with E-state index in [-0.39, 0.29) is 34.5 Å². The molecule has 1 aromatic rings. The average molecular weight is 347 g/mol. The van der Waals surface area contributed by atoms with Gasteiger partial charge in [0.2, 0.25) is 11.8 Å². The number of anilines is 1. The third-order valence-electron chi connectivity index (χ3n) is 9.06. The maximum Gasteiger partial charge on any atom is 0.238 e. The first-order chi connectivity index (χ1) is 12.4. The number of fused-ring (bicyclic) bond motifs is 11. The van der Waals surface area contributed by atoms with E-state index in [1.54, 1.807) is 11.1 Å². The van der Waals surface area contributed by atoms with Gasteiger partial charge in [-0.2, -0.15) is 0 Å². The van der Waals surface area contributed by atoms with Gasteiger partial charge in [-0.1, -0.05) is 50.1 Å². The molecule has 2 saturated carbocycles. The smallest absolute Gasteiger partial charge is 0.238 e. The van der Waals surface area contributed by atoms with Crippen LogP contribution in [0.2, 0.25) is 0 Å². The number of nitrogens with zero attached hydrogens (tertiary/aromatic N) is 1. The van der Waals surface area contributed by atoms with E-state index in [1.165, 1.54) is 17.7 Å². The zero-order chi connectivity index (χ0) is 18.0. The van der Waals surface area contributed by atoms with Crippen LogP contribution in [0.4, 0.5) is 5.69 Å². The van der Waals surface area contributed by atoms with Crippen molar-refractivity contribution in [2.24, 2.45) is 40.4 Å². The molecule has 6 atom stereocenters. The van der Waals surface area contributed by atoms with Gasteiger partial charge in [0.15, 0.2) is 0 Å². The van der Waals surface area contributed by atoms with E-state index in [1.807, 2.05) is 30.3 Å². The van der Waals surface area contributed by atoms with Gasteiger partial charge in [0.05, 0.1) is 17.5 Å². The fraction of sp³-hybridized carbons (Fsp3) is 0.565. The number of benzene rings is 1. The zero-order valence-corrected chi connectivity index (χ0v) is 15.7. The van der Waals surface area contributed by atoms with E-state index in [0.29, 0.717) is 17.8 Å². The van der Waals surface area contributed by atoms with Gasteiger partial charge in [-0.05, 0) is 60.0 Å². The van der Waals surface area contributed by atoms with Crippen LogP contribution in [0.1, 0.15) is 40.0 Å². The molecular formula is C23H25NO2. The van der Waals surface area contributed by atoms with Crippen LogP contribution in [0.25, 0.3) is 0 Å². The van der Waals surface area contributed by atoms with Crippen molar-refractivity contribution < 1.29 is 9.59 Å². The van der Waals surface area contributed by atoms with E-state index >= 15 is 0 Å². The Bertz CT molecular complexity index is 898. The molecular weight excluding hydrogens is 322 g/mol. The number of rotatable bonds is 1. The number of carbonyl (C=O) groups is 2. The summed E-state index contributed by atoms with van der Waals surface area (Å²) in [6, 6.07) is 9.50. The number of carbonyl (C=O) groups excluding carboxylic acids is 2. The Hall–Kier alpha value is -1.90. The fourth-order valence-corrected chi connectivity index (χ4v) is 7.69. The van der Waals surface area contributed by atoms with Gasteiger partial charge in [-0.3, -0.25) is 14.5 Å². The number of hydrogen-bond donors (Lipinski definition) is 0. The van der Waals surface area contributed by atoms with Crippen LogP contribution in [0.15, 0.2) is 41.5 Å². The topological polar surface area (TPSA) is 37.4 Å². The van der Waals surface area contributed by atoms with Crippen LogP contribution in [0, 0.1) is 40.4 Å². The lowest BCUT2D eigenvalue weighted by Gasteiger charge is -2.40. The number of para-hydroxylation sites is 1. The lowest BCUT2D eigenvalue weighted by Crippen LogP contribution is -2.36. The van der Waals surface area contributed by atoms with Crippen molar-refractivity contribution >= 4 is 17.5 Å². The summed E-state index contributed by atoms with van der Waals surface area (Å²) in [5.74, 6) is 1.12. The number of imide groups is 1. The summed E-state index contributed by atoms with van der Waals surface area (Å²) in [7, 11) is 0. The number of allylic oxidation sites excluding steroid dienone is 2. The Morgan fingerprint density at radius 2 is 1.62 bits per heavy atom. The third kappa shape index (κ3) is 1.36. The van der Waals surface area contributed by atoms with Crippen molar-refractivity contribution in [1.82, 2.24) is 0 Å². The first-order valence-electron chi connectivity index (χ1n) is 10.1. The average Bonchev–Trinajstić information content (AvgIpc) is 3.34. The van der Waals surface area contributed by atoms with E-state index < -0.39 is 0 Å². The van der Waals surface area contributed by atoms with Crippen molar-refractivity contribution in [3.05, 3.63) is 41.5 Å². The molecule has 134 valence electrons. The molecule has 3 fully saturated rings. The minimum Gasteiger partial charge on any atom is -0.274 e. The molecule has 0 unspecified atom stereocenters. The summed E-state index contributed by atoms with van der Waals surface area (Å²) in [4.78, 5) is 28.1. The molecule has 5 aliphatic rings. The highest BCUT2D eigenvalue weighted by atomic mass is 16.2. The summed E-state index contributed by atoms with van der Waals surface area (Å²) in [6.07, 6.45) is 3.55. The Morgan fingerprint density at radius 3 is 2.31 bits per heavy atom. The minimum absolute atomic E-state index is 0.0504. The minimum atomic E-state index is -0.113. The largest absolute Gasteiger partial charge is 0.274 e. The summed E-state index contributed by atoms with van der Waals surface area (Å²) >= 11 is 0. The zero-order valence-electron chi connectivity index (χ0n) is 15.7. The normalized spacial score (nSPS) is 44.3. The van der Waals surface area contributed by atoms with Gasteiger partial charge in [0.1, 0.15) is 0 Å². The Kier molecular flexibility index (Phi) is 2.52. The number of amides is 2. The molecule has 1 aliphatic heterocycles. The standard InChI is InChI=1S/C23H25NO2/c1-22(2)15-9-10-23(22,3)19-14-11-13(16(15)19)17-18(14)21(26)24(20(17)25)12-7-5-4-6-8-12/h4-8,13-15,17-18H,9-11H2,1-3H3/t13-,14+,15+,17+,18-,23-/m1/s1. The molecule has 2 amide bonds. The summed E-state index contributed by atoms with van der Waals surface area (Å²) in [5, 5.41) is 0. The summed E-state index contributed by atoms with van der Waals surface area (Å²) < 4.78 is 0. The highest BCUT2D eigenvalue weighted by Gasteiger charge is 2.73. The predicted octanol–water partition coefficient (Wildman–Crippen LogP) is 4.19. The molecule has 6 rings (SSSR count). The van der Waals surface area contributed by atoms with Crippen LogP contribution in [0.3, 0.4) is 0 Å². The van der Waals surface area contributed by atoms with Crippen molar-refractivity contribution in [3.8, 4) is 0 Å². The second-order valence-electron chi connectivity index (χ2n) is 9.86. The SMILES string of the molecule is CC1(C)[C@H]2CC[C@]1(C)C1=C2[C@H]2C[C@H]1[C@H]1C(=O)N(c3ccccc3)C(=O)[C@H]12. The first-order valence-corrected chi connectivity index (χ1v) is 10.1. The van der Waals surface area contributed by atoms with Crippen LogP contribution in [-0.2, 0) is 9.59 Å². The van der Waals surface area contributed by atoms with Crippen LogP contribution in [0.5, 0.6) is 0 Å². The van der Waals surface area contributed by atoms with E-state index in [4.69, 9.17) is 0 Å². The maximum absolute atomic E-state index is 13.3.